The van der Waals surface area contributed by atoms with Gasteiger partial charge in [0.25, 0.3) is 0 Å². The highest BCUT2D eigenvalue weighted by atomic mass is 15.2. The summed E-state index contributed by atoms with van der Waals surface area (Å²) in [6.45, 7) is 27.4. The molecular formula is C62H96N6+2. The molecule has 0 aromatic heterocycles. The second-order valence-corrected chi connectivity index (χ2v) is 19.6. The van der Waals surface area contributed by atoms with Crippen molar-refractivity contribution in [3.05, 3.63) is 121 Å². The lowest BCUT2D eigenvalue weighted by atomic mass is 10.0. The van der Waals surface area contributed by atoms with Gasteiger partial charge in [-0.2, -0.15) is 0 Å². The molecule has 0 saturated carbocycles. The number of hydrogen-bond donors (Lipinski definition) is 2. The van der Waals surface area contributed by atoms with E-state index in [1.165, 1.54) is 158 Å². The van der Waals surface area contributed by atoms with Crippen LogP contribution >= 0.6 is 0 Å². The normalized spacial score (nSPS) is 14.6. The monoisotopic (exact) mass is 925 g/mol. The predicted molar refractivity (Wildman–Crippen MR) is 300 cm³/mol. The molecule has 4 aromatic rings. The van der Waals surface area contributed by atoms with E-state index in [-0.39, 0.29) is 12.1 Å². The number of nitrogens with one attached hydrogen (secondary N) is 2. The summed E-state index contributed by atoms with van der Waals surface area (Å²) < 4.78 is 0. The SMILES string of the molecule is CCCCN(CCCC)c1ccc([NH+](c2ccc(N(CCCC)CCCC)cc2)C2C=CC([NH+](c3ccc(N(CCCC)CCCC)cc3)c3ccc(N(CCCC)CCCC)cc3)C=C2)cc1. The van der Waals surface area contributed by atoms with E-state index in [1.54, 1.807) is 0 Å². The average molecular weight is 925 g/mol. The zero-order valence-electron chi connectivity index (χ0n) is 44.5. The first kappa shape index (κ1) is 54.4. The van der Waals surface area contributed by atoms with Crippen molar-refractivity contribution in [3.8, 4) is 0 Å². The van der Waals surface area contributed by atoms with Crippen molar-refractivity contribution in [3.63, 3.8) is 0 Å². The van der Waals surface area contributed by atoms with Gasteiger partial charge in [0.1, 0.15) is 34.8 Å². The number of anilines is 4. The van der Waals surface area contributed by atoms with Crippen molar-refractivity contribution in [2.75, 3.05) is 72.0 Å². The first-order valence-electron chi connectivity index (χ1n) is 27.9. The molecule has 0 spiro atoms. The molecule has 2 N–H and O–H groups in total. The summed E-state index contributed by atoms with van der Waals surface area (Å²) in [7, 11) is 0. The fraction of sp³-hybridized carbons (Fsp3) is 0.548. The van der Waals surface area contributed by atoms with Crippen LogP contribution in [0.4, 0.5) is 45.5 Å². The van der Waals surface area contributed by atoms with Crippen molar-refractivity contribution < 1.29 is 9.80 Å². The van der Waals surface area contributed by atoms with E-state index >= 15 is 0 Å². The van der Waals surface area contributed by atoms with Crippen LogP contribution in [-0.4, -0.2) is 64.4 Å². The van der Waals surface area contributed by atoms with Crippen molar-refractivity contribution in [2.45, 2.75) is 170 Å². The number of unbranched alkanes of at least 4 members (excludes halogenated alkanes) is 8. The van der Waals surface area contributed by atoms with Crippen LogP contribution < -0.4 is 29.4 Å². The fourth-order valence-corrected chi connectivity index (χ4v) is 9.77. The van der Waals surface area contributed by atoms with Crippen LogP contribution in [0.1, 0.15) is 158 Å². The van der Waals surface area contributed by atoms with Crippen LogP contribution in [0.25, 0.3) is 0 Å². The van der Waals surface area contributed by atoms with Gasteiger partial charge in [-0.1, -0.05) is 107 Å². The second-order valence-electron chi connectivity index (χ2n) is 19.6. The molecule has 4 aromatic carbocycles. The molecular weight excluding hydrogens is 829 g/mol. The molecule has 68 heavy (non-hydrogen) atoms. The molecule has 372 valence electrons. The highest BCUT2D eigenvalue weighted by molar-refractivity contribution is 5.57. The van der Waals surface area contributed by atoms with E-state index in [1.807, 2.05) is 0 Å². The van der Waals surface area contributed by atoms with E-state index in [0.29, 0.717) is 0 Å². The quantitative estimate of drug-likeness (QED) is 0.0456. The lowest BCUT2D eigenvalue weighted by molar-refractivity contribution is -0.781. The maximum absolute atomic E-state index is 2.61. The summed E-state index contributed by atoms with van der Waals surface area (Å²) in [5.74, 6) is 0. The summed E-state index contributed by atoms with van der Waals surface area (Å²) in [6, 6.07) is 38.7. The topological polar surface area (TPSA) is 21.8 Å². The van der Waals surface area contributed by atoms with Crippen LogP contribution in [0.3, 0.4) is 0 Å². The van der Waals surface area contributed by atoms with E-state index in [4.69, 9.17) is 0 Å². The van der Waals surface area contributed by atoms with Gasteiger partial charge < -0.3 is 19.6 Å². The van der Waals surface area contributed by atoms with Crippen LogP contribution in [-0.2, 0) is 0 Å². The molecule has 5 rings (SSSR count). The Bertz CT molecular complexity index is 1650. The van der Waals surface area contributed by atoms with Gasteiger partial charge >= 0.3 is 0 Å². The Labute approximate surface area is 417 Å². The molecule has 1 aliphatic carbocycles. The smallest absolute Gasteiger partial charge is 0.137 e. The van der Waals surface area contributed by atoms with Gasteiger partial charge in [-0.25, -0.2) is 0 Å². The summed E-state index contributed by atoms with van der Waals surface area (Å²) >= 11 is 0. The van der Waals surface area contributed by atoms with Gasteiger partial charge in [-0.05, 0) is 124 Å². The zero-order valence-corrected chi connectivity index (χ0v) is 44.5. The van der Waals surface area contributed by atoms with Crippen molar-refractivity contribution in [1.29, 1.82) is 0 Å². The molecule has 0 amide bonds. The zero-order chi connectivity index (χ0) is 48.4. The molecule has 1 aliphatic rings. The number of quaternary nitrogens is 2. The highest BCUT2D eigenvalue weighted by Gasteiger charge is 2.31. The third-order valence-electron chi connectivity index (χ3n) is 14.1. The van der Waals surface area contributed by atoms with Gasteiger partial charge in [0.05, 0.1) is 0 Å². The average Bonchev–Trinajstić information content (AvgIpc) is 3.38. The van der Waals surface area contributed by atoms with Gasteiger partial charge in [-0.15, -0.1) is 0 Å². The number of rotatable bonds is 34. The Morgan fingerprint density at radius 1 is 0.265 bits per heavy atom. The molecule has 0 heterocycles. The molecule has 0 unspecified atom stereocenters. The Balaban J connectivity index is 1.53. The van der Waals surface area contributed by atoms with Crippen LogP contribution in [0, 0.1) is 0 Å². The van der Waals surface area contributed by atoms with Gasteiger partial charge in [0, 0.05) is 124 Å². The molecule has 6 nitrogen and oxygen atoms in total. The van der Waals surface area contributed by atoms with Gasteiger partial charge in [-0.3, -0.25) is 9.80 Å². The first-order chi connectivity index (χ1) is 33.4. The van der Waals surface area contributed by atoms with E-state index in [9.17, 15) is 0 Å². The summed E-state index contributed by atoms with van der Waals surface area (Å²) in [4.78, 5) is 13.2. The Morgan fingerprint density at radius 3 is 0.574 bits per heavy atom. The highest BCUT2D eigenvalue weighted by Crippen LogP contribution is 2.26. The summed E-state index contributed by atoms with van der Waals surface area (Å²) in [5.41, 5.74) is 10.6. The summed E-state index contributed by atoms with van der Waals surface area (Å²) in [5, 5.41) is 0. The van der Waals surface area contributed by atoms with E-state index < -0.39 is 0 Å². The maximum Gasteiger partial charge on any atom is 0.137 e. The number of benzene rings is 4. The van der Waals surface area contributed by atoms with E-state index in [0.717, 1.165) is 52.4 Å². The second kappa shape index (κ2) is 30.9. The number of hydrogen-bond acceptors (Lipinski definition) is 4. The third-order valence-corrected chi connectivity index (χ3v) is 14.1. The molecule has 0 radical (unpaired) electrons. The van der Waals surface area contributed by atoms with Crippen molar-refractivity contribution >= 4 is 45.5 Å². The Hall–Kier alpha value is -4.52. The lowest BCUT2D eigenvalue weighted by Crippen LogP contribution is -3.08. The molecule has 0 fully saturated rings. The summed E-state index contributed by atoms with van der Waals surface area (Å²) in [6.07, 6.45) is 29.5. The van der Waals surface area contributed by atoms with Crippen LogP contribution in [0.2, 0.25) is 0 Å². The third kappa shape index (κ3) is 16.3. The first-order valence-corrected chi connectivity index (χ1v) is 27.9. The standard InChI is InChI=1S/C62H94N6/c1-9-17-45-63(46-18-10-2)53-25-33-57(34-26-53)67(58-35-27-54(28-36-58)64(47-19-11-3)48-20-12-4)61-41-43-62(44-42-61)68(59-37-29-55(30-38-59)65(49-21-13-5)50-22-14-6)60-39-31-56(32-40-60)66(51-23-15-7)52-24-16-8/h25-44,61-62H,9-24,45-52H2,1-8H3/p+2. The lowest BCUT2D eigenvalue weighted by Gasteiger charge is -2.31. The van der Waals surface area contributed by atoms with Crippen LogP contribution in [0.5, 0.6) is 0 Å². The van der Waals surface area contributed by atoms with Gasteiger partial charge in [0.2, 0.25) is 0 Å². The van der Waals surface area contributed by atoms with Crippen LogP contribution in [0.15, 0.2) is 121 Å². The molecule has 0 bridgehead atoms. The van der Waals surface area contributed by atoms with Gasteiger partial charge in [0.15, 0.2) is 0 Å². The minimum Gasteiger partial charge on any atom is -0.372 e. The Morgan fingerprint density at radius 2 is 0.426 bits per heavy atom. The molecule has 6 heteroatoms. The predicted octanol–water partition coefficient (Wildman–Crippen LogP) is 14.6. The van der Waals surface area contributed by atoms with E-state index in [2.05, 4.69) is 196 Å². The minimum absolute atomic E-state index is 0.151. The largest absolute Gasteiger partial charge is 0.372 e. The minimum atomic E-state index is 0.151. The fourth-order valence-electron chi connectivity index (χ4n) is 9.77. The Kier molecular flexibility index (Phi) is 24.7. The van der Waals surface area contributed by atoms with Crippen molar-refractivity contribution in [2.24, 2.45) is 0 Å². The molecule has 0 atom stereocenters. The number of nitrogens with zero attached hydrogens (tertiary/aromatic N) is 4. The van der Waals surface area contributed by atoms with Crippen molar-refractivity contribution in [1.82, 2.24) is 0 Å². The maximum atomic E-state index is 2.61. The molecule has 0 saturated heterocycles. The molecule has 0 aliphatic heterocycles.